The van der Waals surface area contributed by atoms with Crippen LogP contribution in [0.4, 0.5) is 65.9 Å². The molecule has 17 heteroatoms. The van der Waals surface area contributed by atoms with Crippen molar-refractivity contribution in [1.82, 2.24) is 5.09 Å². The van der Waals surface area contributed by atoms with Crippen LogP contribution in [0.2, 0.25) is 0 Å². The van der Waals surface area contributed by atoms with Crippen molar-refractivity contribution in [2.75, 3.05) is 0 Å². The Morgan fingerprint density at radius 3 is 1.04 bits per heavy atom. The van der Waals surface area contributed by atoms with Crippen LogP contribution in [0.25, 0.3) is 6.08 Å². The first kappa shape index (κ1) is 38.6. The molecule has 0 aliphatic rings. The normalized spacial score (nSPS) is 14.4. The highest BCUT2D eigenvalue weighted by Gasteiger charge is 2.93. The van der Waals surface area contributed by atoms with Crippen molar-refractivity contribution in [2.45, 2.75) is 41.7 Å². The molecule has 0 amide bonds. The fourth-order valence-corrected chi connectivity index (χ4v) is 8.53. The molecule has 0 aliphatic heterocycles. The number of rotatable bonds is 12. The summed E-state index contributed by atoms with van der Waals surface area (Å²) in [6.45, 7) is 0. The van der Waals surface area contributed by atoms with Crippen molar-refractivity contribution >= 4 is 29.4 Å². The summed E-state index contributed by atoms with van der Waals surface area (Å²) in [5, 5.41) is 2.35. The molecule has 0 aromatic heterocycles. The third kappa shape index (κ3) is 6.09. The largest absolute Gasteiger partial charge is 0.460 e. The van der Waals surface area contributed by atoms with Crippen LogP contribution in [0.3, 0.4) is 0 Å². The molecule has 4 aromatic carbocycles. The number of hydrogen-bond acceptors (Lipinski definition) is 1. The zero-order valence-electron chi connectivity index (χ0n) is 24.7. The van der Waals surface area contributed by atoms with E-state index in [1.165, 1.54) is 97.1 Å². The van der Waals surface area contributed by atoms with Crippen LogP contribution in [0.15, 0.2) is 127 Å². The number of allylic oxidation sites excluding steroid dienone is 1. The van der Waals surface area contributed by atoms with E-state index in [0.717, 1.165) is 24.3 Å². The minimum Gasteiger partial charge on any atom is -0.244 e. The van der Waals surface area contributed by atoms with Gasteiger partial charge in [0.2, 0.25) is 0 Å². The highest BCUT2D eigenvalue weighted by Crippen LogP contribution is 2.64. The van der Waals surface area contributed by atoms with Gasteiger partial charge in [0.25, 0.3) is 0 Å². The summed E-state index contributed by atoms with van der Waals surface area (Å²) in [5.41, 5.74) is -2.75. The van der Waals surface area contributed by atoms with Gasteiger partial charge in [0.05, 0.1) is 0 Å². The van der Waals surface area contributed by atoms with Crippen molar-refractivity contribution < 1.29 is 65.9 Å². The number of halogens is 15. The minimum atomic E-state index is -8.42. The fraction of sp³-hybridized carbons (Fsp3) is 0.212. The monoisotopic (exact) mass is 748 g/mol. The van der Waals surface area contributed by atoms with Gasteiger partial charge in [0, 0.05) is 0 Å². The smallest absolute Gasteiger partial charge is 0.244 e. The molecule has 268 valence electrons. The van der Waals surface area contributed by atoms with E-state index in [-0.39, 0.29) is 22.0 Å². The molecule has 0 atom stereocenters. The predicted molar refractivity (Wildman–Crippen MR) is 158 cm³/mol. The molecule has 0 unspecified atom stereocenters. The van der Waals surface area contributed by atoms with Crippen LogP contribution >= 0.6 is 7.41 Å². The van der Waals surface area contributed by atoms with Gasteiger partial charge in [-0.3, -0.25) is 0 Å². The quantitative estimate of drug-likeness (QED) is 0.112. The summed E-state index contributed by atoms with van der Waals surface area (Å²) in [7, 11) is -4.07. The van der Waals surface area contributed by atoms with Gasteiger partial charge in [-0.1, -0.05) is 84.9 Å². The Morgan fingerprint density at radius 1 is 0.400 bits per heavy atom. The second-order valence-electron chi connectivity index (χ2n) is 10.7. The van der Waals surface area contributed by atoms with Crippen molar-refractivity contribution in [3.05, 3.63) is 133 Å². The van der Waals surface area contributed by atoms with Gasteiger partial charge in [-0.05, 0) is 48.0 Å². The SMILES string of the molecule is FC(F)(F)C(F)(F)C(F)(F)C(F)(F)C(F)(F)C(F)(F)C(F)(F)/C(=C\c1ccccc1)N[P+](c1ccccc1)(c1ccccc1)c1ccccc1. The van der Waals surface area contributed by atoms with Gasteiger partial charge in [-0.25, -0.2) is 5.09 Å². The summed E-state index contributed by atoms with van der Waals surface area (Å²) >= 11 is 0. The summed E-state index contributed by atoms with van der Waals surface area (Å²) in [6, 6.07) is 26.4. The maximum absolute atomic E-state index is 16.2. The molecule has 4 rings (SSSR count). The van der Waals surface area contributed by atoms with E-state index in [4.69, 9.17) is 0 Å². The fourth-order valence-electron chi connectivity index (χ4n) is 4.82. The zero-order valence-corrected chi connectivity index (χ0v) is 25.6. The van der Waals surface area contributed by atoms with E-state index in [0.29, 0.717) is 0 Å². The van der Waals surface area contributed by atoms with Crippen LogP contribution in [-0.4, -0.2) is 41.7 Å². The molecule has 0 saturated carbocycles. The number of hydrogen-bond donors (Lipinski definition) is 1. The molecule has 0 radical (unpaired) electrons. The first-order chi connectivity index (χ1) is 23.0. The van der Waals surface area contributed by atoms with Crippen molar-refractivity contribution in [2.24, 2.45) is 0 Å². The van der Waals surface area contributed by atoms with E-state index in [2.05, 4.69) is 5.09 Å². The third-order valence-corrected chi connectivity index (χ3v) is 11.3. The lowest BCUT2D eigenvalue weighted by Crippen LogP contribution is -2.73. The average Bonchev–Trinajstić information content (AvgIpc) is 3.07. The van der Waals surface area contributed by atoms with Crippen molar-refractivity contribution in [3.63, 3.8) is 0 Å². The molecule has 1 nitrogen and oxygen atoms in total. The van der Waals surface area contributed by atoms with E-state index >= 15 is 17.6 Å². The van der Waals surface area contributed by atoms with Gasteiger partial charge in [0.1, 0.15) is 21.6 Å². The van der Waals surface area contributed by atoms with Crippen LogP contribution in [0.1, 0.15) is 5.56 Å². The molecular weight excluding hydrogens is 726 g/mol. The highest BCUT2D eigenvalue weighted by molar-refractivity contribution is 7.94. The molecule has 0 bridgehead atoms. The summed E-state index contributed by atoms with van der Waals surface area (Å²) in [6.07, 6.45) is -7.58. The summed E-state index contributed by atoms with van der Waals surface area (Å²) in [4.78, 5) is 0. The van der Waals surface area contributed by atoms with Crippen molar-refractivity contribution in [3.8, 4) is 0 Å². The minimum absolute atomic E-state index is 0.0592. The molecule has 4 aromatic rings. The van der Waals surface area contributed by atoms with Gasteiger partial charge in [-0.15, -0.1) is 0 Å². The first-order valence-corrected chi connectivity index (χ1v) is 15.7. The second kappa shape index (κ2) is 13.2. The van der Waals surface area contributed by atoms with Gasteiger partial charge in [0.15, 0.2) is 7.41 Å². The Kier molecular flexibility index (Phi) is 10.2. The maximum atomic E-state index is 16.2. The third-order valence-electron chi connectivity index (χ3n) is 7.50. The zero-order chi connectivity index (χ0) is 37.4. The van der Waals surface area contributed by atoms with E-state index < -0.39 is 60.4 Å². The summed E-state index contributed by atoms with van der Waals surface area (Å²) in [5.74, 6) is -47.6. The molecule has 1 N–H and O–H groups in total. The van der Waals surface area contributed by atoms with E-state index in [1.807, 2.05) is 0 Å². The van der Waals surface area contributed by atoms with Crippen LogP contribution in [0.5, 0.6) is 0 Å². The number of alkyl halides is 15. The molecule has 0 saturated heterocycles. The lowest BCUT2D eigenvalue weighted by Gasteiger charge is -2.42. The molecule has 0 fully saturated rings. The van der Waals surface area contributed by atoms with Crippen LogP contribution in [0, 0.1) is 0 Å². The Morgan fingerprint density at radius 2 is 0.700 bits per heavy atom. The molecular formula is C33H22F15NP+. The van der Waals surface area contributed by atoms with E-state index in [1.54, 1.807) is 0 Å². The van der Waals surface area contributed by atoms with Crippen LogP contribution < -0.4 is 21.0 Å². The summed E-state index contributed by atoms with van der Waals surface area (Å²) < 4.78 is 216. The lowest BCUT2D eigenvalue weighted by atomic mass is 9.90. The Hall–Kier alpha value is -4.20. The maximum Gasteiger partial charge on any atom is 0.460 e. The topological polar surface area (TPSA) is 12.0 Å². The molecule has 0 spiro atoms. The average molecular weight is 748 g/mol. The van der Waals surface area contributed by atoms with Gasteiger partial charge in [-0.2, -0.15) is 65.9 Å². The Bertz CT molecular complexity index is 1660. The van der Waals surface area contributed by atoms with Crippen molar-refractivity contribution in [1.29, 1.82) is 0 Å². The predicted octanol–water partition coefficient (Wildman–Crippen LogP) is 9.90. The Labute approximate surface area is 274 Å². The molecule has 0 aliphatic carbocycles. The standard InChI is InChI=1S/C33H22F15NP/c34-27(35,28(36,37)29(38,39)30(40,41)31(42,43)32(44,45)33(46,47)48)26(21-22-13-5-1-6-14-22)49-50(23-15-7-2-8-16-23,24-17-9-3-10-18-24)25-19-11-4-12-20-25/h1-21,49H/q+1/b26-21+. The highest BCUT2D eigenvalue weighted by atomic mass is 31.2. The van der Waals surface area contributed by atoms with Gasteiger partial charge < -0.3 is 0 Å². The lowest BCUT2D eigenvalue weighted by molar-refractivity contribution is -0.450. The van der Waals surface area contributed by atoms with Gasteiger partial charge >= 0.3 is 41.7 Å². The molecule has 0 heterocycles. The first-order valence-electron chi connectivity index (χ1n) is 13.9. The van der Waals surface area contributed by atoms with E-state index in [9.17, 15) is 48.3 Å². The second-order valence-corrected chi connectivity index (χ2v) is 13.8. The van der Waals surface area contributed by atoms with Crippen LogP contribution in [-0.2, 0) is 0 Å². The molecule has 50 heavy (non-hydrogen) atoms. The Balaban J connectivity index is 2.04. The number of benzene rings is 4. The number of nitrogens with one attached hydrogen (secondary N) is 1.